The van der Waals surface area contributed by atoms with Crippen molar-refractivity contribution < 1.29 is 149 Å². The van der Waals surface area contributed by atoms with Crippen molar-refractivity contribution in [1.82, 2.24) is 26.6 Å². The van der Waals surface area contributed by atoms with Crippen molar-refractivity contribution in [3.63, 3.8) is 0 Å². The molecule has 14 atom stereocenters. The van der Waals surface area contributed by atoms with Crippen molar-refractivity contribution in [2.24, 2.45) is 11.1 Å². The average molecular weight is 1600 g/mol. The fraction of sp³-hybridized carbons (Fsp3) is 0.919. The van der Waals surface area contributed by atoms with Crippen molar-refractivity contribution >= 4 is 60.1 Å². The molecular weight excluding hydrogens is 1480 g/mol. The number of carbonyl (C=O) groups is 5. The molecule has 3 aliphatic rings. The van der Waals surface area contributed by atoms with Crippen LogP contribution in [0, 0.1) is 5.41 Å². The highest BCUT2D eigenvalue weighted by molar-refractivity contribution is 14.1. The van der Waals surface area contributed by atoms with Gasteiger partial charge in [-0.05, 0) is 53.9 Å². The normalized spacial score (nSPS) is 25.0. The van der Waals surface area contributed by atoms with Crippen LogP contribution in [0.4, 0.5) is 0 Å². The van der Waals surface area contributed by atoms with E-state index in [0.29, 0.717) is 6.42 Å². The summed E-state index contributed by atoms with van der Waals surface area (Å²) in [5, 5.41) is 103. The van der Waals surface area contributed by atoms with Crippen molar-refractivity contribution in [2.45, 2.75) is 209 Å². The Kier molecular flexibility index (Phi) is 43.8. The van der Waals surface area contributed by atoms with Crippen LogP contribution in [-0.4, -0.2) is 328 Å². The summed E-state index contributed by atoms with van der Waals surface area (Å²) < 4.78 is 96.6. The molecule has 0 radical (unpaired) electrons. The van der Waals surface area contributed by atoms with Gasteiger partial charge in [0.15, 0.2) is 18.9 Å². The van der Waals surface area contributed by atoms with Crippen LogP contribution in [0.2, 0.25) is 0 Å². The standard InChI is InChI=1S/C62H116IN6O31P/c1-58(2,13-21-96-61(7,64)101(84,85)100-63)57(83)69-59(3,4)14-22-95-60(5,6)12-8-50(79)68-62(38-89-18-9-47(76)65-15-23-86-26-29-92-51-32-41(73)54(80)44(35-70)97-51,39-90-19-10-48(77)66-16-24-87-27-30-93-52-33-42(74)55(81)45(36-71)98-52)40-91-20-11-49(78)67-17-25-88-28-31-94-53-34-43(75)56(82)46(37-72)99-53/h41-46,51-56,70-75,80-82H,8-40,64H2,1-7H3,(H,65,76)(H,66,77)(H,67,78)(H,68,79)(H,69,83)(H,84,85)/t41-,42-,43-,44-,45-,46-,51-,52-,53-,54-,55-,56-,61?/m1/s1. The second-order valence-electron chi connectivity index (χ2n) is 26.8. The fourth-order valence-corrected chi connectivity index (χ4v) is 11.4. The molecule has 0 aromatic carbocycles. The van der Waals surface area contributed by atoms with Gasteiger partial charge in [-0.15, -0.1) is 0 Å². The SMILES string of the molecule is CC(C)(CCOC(C)(C)CCC(=O)NC(COCCC(=O)NCCOCCO[C@H]1C[C@@H](O)[C@@H](O)[C@@H](CO)O1)(COCCC(=O)NCCOCCO[C@H]1C[C@@H](O)[C@@H](O)[C@@H](CO)O1)COCCC(=O)NCCOCCO[C@H]1C[C@@H](O)[C@@H](O)[C@@H](CO)O1)NC(=O)C(C)(C)CCOC(C)(N)P(=O)(O)OI. The van der Waals surface area contributed by atoms with Crippen LogP contribution < -0.4 is 32.3 Å². The first kappa shape index (κ1) is 92.5. The van der Waals surface area contributed by atoms with E-state index in [-0.39, 0.29) is 196 Å². The maximum absolute atomic E-state index is 14.2. The highest BCUT2D eigenvalue weighted by atomic mass is 127. The minimum Gasteiger partial charge on any atom is -0.394 e. The summed E-state index contributed by atoms with van der Waals surface area (Å²) in [4.78, 5) is 76.7. The molecule has 592 valence electrons. The van der Waals surface area contributed by atoms with Gasteiger partial charge in [0.2, 0.25) is 35.0 Å². The Morgan fingerprint density at radius 3 is 1.20 bits per heavy atom. The number of ether oxygens (including phenoxy) is 14. The Morgan fingerprint density at radius 2 is 0.842 bits per heavy atom. The van der Waals surface area contributed by atoms with Gasteiger partial charge in [0.1, 0.15) is 65.2 Å². The third kappa shape index (κ3) is 36.6. The summed E-state index contributed by atoms with van der Waals surface area (Å²) in [6, 6.07) is 0. The number of hydrogen-bond donors (Lipinski definition) is 16. The van der Waals surface area contributed by atoms with Crippen LogP contribution >= 0.6 is 30.6 Å². The zero-order valence-corrected chi connectivity index (χ0v) is 62.3. The molecule has 2 unspecified atom stereocenters. The largest absolute Gasteiger partial charge is 0.394 e. The molecule has 0 bridgehead atoms. The van der Waals surface area contributed by atoms with Crippen LogP contribution in [0.5, 0.6) is 0 Å². The molecule has 0 spiro atoms. The lowest BCUT2D eigenvalue weighted by Crippen LogP contribution is -2.59. The molecule has 3 saturated heterocycles. The minimum absolute atomic E-state index is 0.00584. The van der Waals surface area contributed by atoms with E-state index in [0.717, 1.165) is 0 Å². The summed E-state index contributed by atoms with van der Waals surface area (Å²) in [6.45, 7) is 10.1. The Morgan fingerprint density at radius 1 is 0.475 bits per heavy atom. The monoisotopic (exact) mass is 1600 g/mol. The van der Waals surface area contributed by atoms with E-state index < -0.39 is 152 Å². The first-order valence-corrected chi connectivity index (χ1v) is 36.4. The average Bonchev–Trinajstić information content (AvgIpc) is 0.913. The summed E-state index contributed by atoms with van der Waals surface area (Å²) >= 11 is 1.27. The van der Waals surface area contributed by atoms with E-state index in [9.17, 15) is 79.4 Å². The van der Waals surface area contributed by atoms with Gasteiger partial charge in [-0.1, -0.05) is 13.8 Å². The van der Waals surface area contributed by atoms with E-state index >= 15 is 0 Å². The molecule has 101 heavy (non-hydrogen) atoms. The number of nitrogens with two attached hydrogens (primary N) is 1. The second kappa shape index (κ2) is 47.8. The highest BCUT2D eigenvalue weighted by Gasteiger charge is 2.45. The Balaban J connectivity index is 1.65. The number of aliphatic hydroxyl groups excluding tert-OH is 9. The van der Waals surface area contributed by atoms with Crippen LogP contribution in [0.1, 0.15) is 113 Å². The number of hydrogen-bond acceptors (Lipinski definition) is 31. The lowest BCUT2D eigenvalue weighted by Gasteiger charge is -2.36. The Labute approximate surface area is 604 Å². The number of carbonyl (C=O) groups excluding carboxylic acids is 5. The van der Waals surface area contributed by atoms with Gasteiger partial charge in [0.05, 0.1) is 149 Å². The van der Waals surface area contributed by atoms with Gasteiger partial charge in [-0.3, -0.25) is 34.3 Å². The van der Waals surface area contributed by atoms with Crippen LogP contribution in [0.3, 0.4) is 0 Å². The topological polar surface area (TPSA) is 529 Å². The first-order chi connectivity index (χ1) is 47.6. The van der Waals surface area contributed by atoms with E-state index in [4.69, 9.17) is 72.0 Å². The third-order valence-corrected chi connectivity index (χ3v) is 19.5. The quantitative estimate of drug-likeness (QED) is 0.0121. The fourth-order valence-electron chi connectivity index (χ4n) is 9.87. The minimum atomic E-state index is -4.32. The third-order valence-electron chi connectivity index (χ3n) is 16.4. The molecule has 17 N–H and O–H groups in total. The van der Waals surface area contributed by atoms with Gasteiger partial charge in [0.25, 0.3) is 0 Å². The first-order valence-electron chi connectivity index (χ1n) is 34.0. The van der Waals surface area contributed by atoms with E-state index in [1.807, 2.05) is 13.8 Å². The molecule has 3 rings (SSSR count). The number of amides is 5. The molecule has 0 aromatic heterocycles. The van der Waals surface area contributed by atoms with E-state index in [1.165, 1.54) is 29.9 Å². The van der Waals surface area contributed by atoms with Crippen molar-refractivity contribution in [2.75, 3.05) is 152 Å². The Hall–Kier alpha value is -2.73. The predicted octanol–water partition coefficient (Wildman–Crippen LogP) is -3.53. The summed E-state index contributed by atoms with van der Waals surface area (Å²) in [5.74, 6) is -2.02. The number of rotatable bonds is 55. The number of halogens is 1. The van der Waals surface area contributed by atoms with Crippen LogP contribution in [0.25, 0.3) is 0 Å². The van der Waals surface area contributed by atoms with Gasteiger partial charge in [-0.25, -0.2) is 2.85 Å². The van der Waals surface area contributed by atoms with Gasteiger partial charge >= 0.3 is 7.60 Å². The molecule has 0 aliphatic carbocycles. The molecule has 37 nitrogen and oxygen atoms in total. The second-order valence-corrected chi connectivity index (χ2v) is 30.0. The van der Waals surface area contributed by atoms with Crippen molar-refractivity contribution in [1.29, 1.82) is 0 Å². The maximum Gasteiger partial charge on any atom is 0.383 e. The summed E-state index contributed by atoms with van der Waals surface area (Å²) in [7, 11) is -4.32. The van der Waals surface area contributed by atoms with Gasteiger partial charge in [-0.2, -0.15) is 0 Å². The predicted molar refractivity (Wildman–Crippen MR) is 362 cm³/mol. The van der Waals surface area contributed by atoms with Crippen LogP contribution in [-0.2, 0) is 97.7 Å². The molecule has 0 saturated carbocycles. The summed E-state index contributed by atoms with van der Waals surface area (Å²) in [6.07, 6.45) is -12.6. The zero-order valence-electron chi connectivity index (χ0n) is 59.2. The van der Waals surface area contributed by atoms with Gasteiger partial charge < -0.3 is 144 Å². The summed E-state index contributed by atoms with van der Waals surface area (Å²) in [5.41, 5.74) is -0.285. The smallest absolute Gasteiger partial charge is 0.383 e. The molecule has 3 heterocycles. The van der Waals surface area contributed by atoms with Crippen LogP contribution in [0.15, 0.2) is 0 Å². The van der Waals surface area contributed by atoms with Gasteiger partial charge in [0, 0.05) is 82.1 Å². The highest BCUT2D eigenvalue weighted by Crippen LogP contribution is 2.54. The number of nitrogens with one attached hydrogen (secondary N) is 5. The molecule has 3 aliphatic heterocycles. The zero-order chi connectivity index (χ0) is 75.3. The lowest BCUT2D eigenvalue weighted by atomic mass is 9.87. The number of aliphatic hydroxyl groups is 9. The van der Waals surface area contributed by atoms with E-state index in [2.05, 4.69) is 29.4 Å². The van der Waals surface area contributed by atoms with Crippen molar-refractivity contribution in [3.05, 3.63) is 0 Å². The molecule has 39 heteroatoms. The van der Waals surface area contributed by atoms with Crippen molar-refractivity contribution in [3.8, 4) is 0 Å². The molecular formula is C62H116IN6O31P. The molecule has 5 amide bonds. The maximum atomic E-state index is 14.2. The Bertz CT molecular complexity index is 2260. The molecule has 3 fully saturated rings. The lowest BCUT2D eigenvalue weighted by molar-refractivity contribution is -0.258. The van der Waals surface area contributed by atoms with E-state index in [1.54, 1.807) is 27.7 Å². The molecule has 0 aromatic rings.